The number of halogens is 1. The lowest BCUT2D eigenvalue weighted by Crippen LogP contribution is -2.28. The van der Waals surface area contributed by atoms with Crippen LogP contribution in [0.3, 0.4) is 0 Å². The van der Waals surface area contributed by atoms with Crippen molar-refractivity contribution < 1.29 is 9.53 Å². The monoisotopic (exact) mass is 329 g/mol. The molecule has 2 atom stereocenters. The number of ether oxygens (including phenoxy) is 1. The summed E-state index contributed by atoms with van der Waals surface area (Å²) in [4.78, 5) is 12.4. The van der Waals surface area contributed by atoms with Gasteiger partial charge in [0.1, 0.15) is 5.75 Å². The van der Waals surface area contributed by atoms with Crippen LogP contribution in [0, 0.1) is 5.41 Å². The molecule has 1 saturated carbocycles. The molecule has 0 radical (unpaired) electrons. The Kier molecular flexibility index (Phi) is 4.07. The first kappa shape index (κ1) is 15.9. The van der Waals surface area contributed by atoms with E-state index in [1.165, 1.54) is 5.56 Å². The van der Waals surface area contributed by atoms with E-state index in [1.807, 2.05) is 24.3 Å². The second-order valence-electron chi connectivity index (χ2n) is 6.53. The molecule has 120 valence electrons. The molecule has 3 nitrogen and oxygen atoms in total. The van der Waals surface area contributed by atoms with Gasteiger partial charge in [-0.05, 0) is 47.4 Å². The van der Waals surface area contributed by atoms with Crippen LogP contribution in [0.2, 0.25) is 5.02 Å². The Balaban J connectivity index is 1.72. The van der Waals surface area contributed by atoms with E-state index in [2.05, 4.69) is 19.2 Å². The summed E-state index contributed by atoms with van der Waals surface area (Å²) in [6.45, 7) is 4.34. The molecule has 0 aliphatic heterocycles. The number of hydrogen-bond donors (Lipinski definition) is 1. The van der Waals surface area contributed by atoms with E-state index < -0.39 is 0 Å². The summed E-state index contributed by atoms with van der Waals surface area (Å²) in [5.74, 6) is 0.997. The molecule has 0 aromatic heterocycles. The van der Waals surface area contributed by atoms with Gasteiger partial charge in [0, 0.05) is 22.5 Å². The van der Waals surface area contributed by atoms with Crippen LogP contribution in [0.5, 0.6) is 5.75 Å². The fourth-order valence-corrected chi connectivity index (χ4v) is 3.29. The van der Waals surface area contributed by atoms with Gasteiger partial charge < -0.3 is 10.1 Å². The van der Waals surface area contributed by atoms with Crippen molar-refractivity contribution >= 4 is 17.5 Å². The lowest BCUT2D eigenvalue weighted by Gasteiger charge is -2.07. The Hall–Kier alpha value is -2.00. The molecule has 1 aliphatic rings. The highest BCUT2D eigenvalue weighted by Gasteiger charge is 2.59. The molecule has 2 aromatic carbocycles. The molecule has 0 bridgehead atoms. The SMILES string of the molecule is COc1ccc(C(=O)N[C@H]2[C@H](c3ccc(Cl)cc3)C2(C)C)cc1. The number of nitrogens with one attached hydrogen (secondary N) is 1. The van der Waals surface area contributed by atoms with E-state index in [4.69, 9.17) is 16.3 Å². The van der Waals surface area contributed by atoms with E-state index in [1.54, 1.807) is 31.4 Å². The minimum absolute atomic E-state index is 0.0377. The summed E-state index contributed by atoms with van der Waals surface area (Å²) >= 11 is 5.95. The van der Waals surface area contributed by atoms with Crippen molar-refractivity contribution in [3.8, 4) is 5.75 Å². The second kappa shape index (κ2) is 5.89. The fraction of sp³-hybridized carbons (Fsp3) is 0.316. The van der Waals surface area contributed by atoms with Crippen molar-refractivity contribution in [2.24, 2.45) is 5.41 Å². The molecule has 0 saturated heterocycles. The average Bonchev–Trinajstić information content (AvgIpc) is 3.08. The molecular weight excluding hydrogens is 310 g/mol. The topological polar surface area (TPSA) is 38.3 Å². The smallest absolute Gasteiger partial charge is 0.251 e. The Morgan fingerprint density at radius 1 is 1.09 bits per heavy atom. The minimum Gasteiger partial charge on any atom is -0.497 e. The van der Waals surface area contributed by atoms with Gasteiger partial charge in [-0.15, -0.1) is 0 Å². The predicted molar refractivity (Wildman–Crippen MR) is 92.2 cm³/mol. The van der Waals surface area contributed by atoms with Crippen molar-refractivity contribution in [1.82, 2.24) is 5.32 Å². The third-order valence-corrected chi connectivity index (χ3v) is 4.95. The van der Waals surface area contributed by atoms with Crippen molar-refractivity contribution in [3.05, 3.63) is 64.7 Å². The highest BCUT2D eigenvalue weighted by Crippen LogP contribution is 2.58. The number of methoxy groups -OCH3 is 1. The van der Waals surface area contributed by atoms with Gasteiger partial charge >= 0.3 is 0 Å². The van der Waals surface area contributed by atoms with Gasteiger partial charge in [-0.1, -0.05) is 37.6 Å². The summed E-state index contributed by atoms with van der Waals surface area (Å²) in [5.41, 5.74) is 1.89. The van der Waals surface area contributed by atoms with Crippen molar-refractivity contribution in [2.45, 2.75) is 25.8 Å². The normalized spacial score (nSPS) is 21.6. The Morgan fingerprint density at radius 2 is 1.70 bits per heavy atom. The van der Waals surface area contributed by atoms with E-state index in [0.717, 1.165) is 10.8 Å². The number of hydrogen-bond acceptors (Lipinski definition) is 2. The molecule has 0 unspecified atom stereocenters. The maximum Gasteiger partial charge on any atom is 0.251 e. The van der Waals surface area contributed by atoms with E-state index in [0.29, 0.717) is 11.5 Å². The van der Waals surface area contributed by atoms with E-state index in [9.17, 15) is 4.79 Å². The molecule has 3 rings (SSSR count). The summed E-state index contributed by atoms with van der Waals surface area (Å²) in [6.07, 6.45) is 0. The summed E-state index contributed by atoms with van der Waals surface area (Å²) in [6, 6.07) is 15.1. The molecule has 1 amide bonds. The van der Waals surface area contributed by atoms with Gasteiger partial charge in [0.25, 0.3) is 5.91 Å². The number of benzene rings is 2. The highest BCUT2D eigenvalue weighted by molar-refractivity contribution is 6.30. The number of carbonyl (C=O) groups is 1. The zero-order valence-corrected chi connectivity index (χ0v) is 14.2. The van der Waals surface area contributed by atoms with Gasteiger partial charge in [-0.2, -0.15) is 0 Å². The van der Waals surface area contributed by atoms with Gasteiger partial charge in [0.15, 0.2) is 0 Å². The first-order chi connectivity index (χ1) is 10.9. The lowest BCUT2D eigenvalue weighted by atomic mass is 10.0. The Bertz CT molecular complexity index is 707. The van der Waals surface area contributed by atoms with Crippen LogP contribution >= 0.6 is 11.6 Å². The maximum atomic E-state index is 12.4. The molecule has 0 spiro atoms. The van der Waals surface area contributed by atoms with Crippen LogP contribution in [0.4, 0.5) is 0 Å². The first-order valence-corrected chi connectivity index (χ1v) is 8.01. The van der Waals surface area contributed by atoms with Crippen LogP contribution in [0.15, 0.2) is 48.5 Å². The van der Waals surface area contributed by atoms with Crippen LogP contribution in [-0.2, 0) is 0 Å². The molecule has 4 heteroatoms. The molecule has 1 N–H and O–H groups in total. The van der Waals surface area contributed by atoms with Gasteiger partial charge in [0.05, 0.1) is 7.11 Å². The Labute approximate surface area is 141 Å². The van der Waals surface area contributed by atoms with Crippen LogP contribution in [-0.4, -0.2) is 19.1 Å². The van der Waals surface area contributed by atoms with E-state index in [-0.39, 0.29) is 17.4 Å². The number of carbonyl (C=O) groups excluding carboxylic acids is 1. The molecule has 0 heterocycles. The van der Waals surface area contributed by atoms with E-state index >= 15 is 0 Å². The average molecular weight is 330 g/mol. The lowest BCUT2D eigenvalue weighted by molar-refractivity contribution is 0.0946. The minimum atomic E-state index is -0.0535. The quantitative estimate of drug-likeness (QED) is 0.909. The summed E-state index contributed by atoms with van der Waals surface area (Å²) in [5, 5.41) is 3.88. The van der Waals surface area contributed by atoms with Crippen molar-refractivity contribution in [3.63, 3.8) is 0 Å². The molecule has 1 aliphatic carbocycles. The van der Waals surface area contributed by atoms with Gasteiger partial charge in [0.2, 0.25) is 0 Å². The van der Waals surface area contributed by atoms with Gasteiger partial charge in [-0.3, -0.25) is 4.79 Å². The summed E-state index contributed by atoms with van der Waals surface area (Å²) < 4.78 is 5.12. The Morgan fingerprint density at radius 3 is 2.26 bits per heavy atom. The molecule has 2 aromatic rings. The zero-order chi connectivity index (χ0) is 16.6. The second-order valence-corrected chi connectivity index (χ2v) is 6.97. The highest BCUT2D eigenvalue weighted by atomic mass is 35.5. The zero-order valence-electron chi connectivity index (χ0n) is 13.5. The largest absolute Gasteiger partial charge is 0.497 e. The predicted octanol–water partition coefficient (Wildman–Crippen LogP) is 4.27. The third-order valence-electron chi connectivity index (χ3n) is 4.70. The first-order valence-electron chi connectivity index (χ1n) is 7.64. The fourth-order valence-electron chi connectivity index (χ4n) is 3.17. The van der Waals surface area contributed by atoms with Crippen LogP contribution in [0.25, 0.3) is 0 Å². The van der Waals surface area contributed by atoms with Crippen LogP contribution < -0.4 is 10.1 Å². The number of amides is 1. The van der Waals surface area contributed by atoms with Crippen molar-refractivity contribution in [2.75, 3.05) is 7.11 Å². The van der Waals surface area contributed by atoms with Gasteiger partial charge in [-0.25, -0.2) is 0 Å². The standard InChI is InChI=1S/C19H20ClNO2/c1-19(2)16(12-4-8-14(20)9-5-12)17(19)21-18(22)13-6-10-15(23-3)11-7-13/h4-11,16-17H,1-3H3,(H,21,22)/t16-,17-/m0/s1. The summed E-state index contributed by atoms with van der Waals surface area (Å²) in [7, 11) is 1.61. The molecular formula is C19H20ClNO2. The molecule has 1 fully saturated rings. The van der Waals surface area contributed by atoms with Crippen molar-refractivity contribution in [1.29, 1.82) is 0 Å². The van der Waals surface area contributed by atoms with Crippen LogP contribution in [0.1, 0.15) is 35.7 Å². The number of rotatable bonds is 4. The molecule has 23 heavy (non-hydrogen) atoms. The third kappa shape index (κ3) is 3.06. The maximum absolute atomic E-state index is 12.4.